The third-order valence-corrected chi connectivity index (χ3v) is 4.61. The second-order valence-corrected chi connectivity index (χ2v) is 6.10. The van der Waals surface area contributed by atoms with Gasteiger partial charge in [-0.25, -0.2) is 4.98 Å². The third kappa shape index (κ3) is 4.19. The van der Waals surface area contributed by atoms with Crippen LogP contribution >= 0.6 is 0 Å². The van der Waals surface area contributed by atoms with Crippen LogP contribution in [0.3, 0.4) is 0 Å². The minimum absolute atomic E-state index is 0.0585. The number of hydrogen-bond donors (Lipinski definition) is 2. The van der Waals surface area contributed by atoms with Gasteiger partial charge in [-0.3, -0.25) is 4.79 Å². The van der Waals surface area contributed by atoms with Crippen molar-refractivity contribution in [2.75, 3.05) is 18.4 Å². The number of nitrogens with zero attached hydrogens (tertiary/aromatic N) is 1. The van der Waals surface area contributed by atoms with Crippen molar-refractivity contribution in [2.24, 2.45) is 5.41 Å². The first-order chi connectivity index (χ1) is 10.2. The van der Waals surface area contributed by atoms with Crippen LogP contribution in [-0.4, -0.2) is 24.0 Å². The number of amides is 1. The molecule has 0 atom stereocenters. The molecule has 2 N–H and O–H groups in total. The van der Waals surface area contributed by atoms with Crippen LogP contribution in [0.4, 0.5) is 5.69 Å². The molecule has 1 saturated carbocycles. The average molecular weight is 289 g/mol. The van der Waals surface area contributed by atoms with Gasteiger partial charge in [0.05, 0.1) is 11.9 Å². The number of carbonyl (C=O) groups is 1. The summed E-state index contributed by atoms with van der Waals surface area (Å²) in [4.78, 5) is 16.4. The monoisotopic (exact) mass is 289 g/mol. The van der Waals surface area contributed by atoms with E-state index in [0.717, 1.165) is 31.6 Å². The van der Waals surface area contributed by atoms with E-state index < -0.39 is 0 Å². The lowest BCUT2D eigenvalue weighted by Crippen LogP contribution is -2.35. The second kappa shape index (κ2) is 7.43. The Balaban J connectivity index is 1.88. The molecule has 1 aromatic rings. The topological polar surface area (TPSA) is 54.0 Å². The first-order valence-corrected chi connectivity index (χ1v) is 8.17. The largest absolute Gasteiger partial charge is 0.384 e. The van der Waals surface area contributed by atoms with Gasteiger partial charge in [-0.1, -0.05) is 26.7 Å². The molecular formula is C17H27N3O. The highest BCUT2D eigenvalue weighted by Gasteiger charge is 2.32. The van der Waals surface area contributed by atoms with Crippen LogP contribution in [-0.2, 0) is 0 Å². The second-order valence-electron chi connectivity index (χ2n) is 6.10. The van der Waals surface area contributed by atoms with Crippen LogP contribution in [0.2, 0.25) is 0 Å². The van der Waals surface area contributed by atoms with Gasteiger partial charge in [0.1, 0.15) is 5.69 Å². The number of aromatic nitrogens is 1. The molecule has 1 fully saturated rings. The minimum Gasteiger partial charge on any atom is -0.384 e. The predicted octanol–water partition coefficient (Wildman–Crippen LogP) is 3.60. The molecular weight excluding hydrogens is 262 g/mol. The van der Waals surface area contributed by atoms with E-state index in [-0.39, 0.29) is 5.91 Å². The Kier molecular flexibility index (Phi) is 5.59. The Morgan fingerprint density at radius 2 is 2.05 bits per heavy atom. The van der Waals surface area contributed by atoms with Gasteiger partial charge in [-0.2, -0.15) is 0 Å². The third-order valence-electron chi connectivity index (χ3n) is 4.61. The molecule has 1 aliphatic rings. The van der Waals surface area contributed by atoms with Gasteiger partial charge in [0.25, 0.3) is 5.91 Å². The highest BCUT2D eigenvalue weighted by Crippen LogP contribution is 2.40. The van der Waals surface area contributed by atoms with E-state index in [1.807, 2.05) is 6.07 Å². The summed E-state index contributed by atoms with van der Waals surface area (Å²) in [6.07, 6.45) is 8.99. The summed E-state index contributed by atoms with van der Waals surface area (Å²) < 4.78 is 0. The van der Waals surface area contributed by atoms with Gasteiger partial charge in [0.15, 0.2) is 0 Å². The summed E-state index contributed by atoms with van der Waals surface area (Å²) in [5.74, 6) is -0.0585. The zero-order valence-electron chi connectivity index (χ0n) is 13.2. The van der Waals surface area contributed by atoms with E-state index in [0.29, 0.717) is 11.1 Å². The lowest BCUT2D eigenvalue weighted by molar-refractivity contribution is 0.0924. The minimum atomic E-state index is -0.0585. The number of carbonyl (C=O) groups excluding carboxylic acids is 1. The molecule has 0 spiro atoms. The van der Waals surface area contributed by atoms with Crippen molar-refractivity contribution in [1.82, 2.24) is 10.3 Å². The standard InChI is InChI=1S/C17H27N3O/c1-3-11-18-14-7-8-15(19-12-14)16(21)20-13-17(4-2)9-5-6-10-17/h7-8,12,18H,3-6,9-11,13H2,1-2H3,(H,20,21). The maximum Gasteiger partial charge on any atom is 0.269 e. The van der Waals surface area contributed by atoms with Crippen molar-refractivity contribution in [3.63, 3.8) is 0 Å². The normalized spacial score (nSPS) is 16.7. The Hall–Kier alpha value is -1.58. The molecule has 2 rings (SSSR count). The van der Waals surface area contributed by atoms with Crippen LogP contribution < -0.4 is 10.6 Å². The van der Waals surface area contributed by atoms with E-state index in [1.165, 1.54) is 25.7 Å². The molecule has 0 radical (unpaired) electrons. The first kappa shape index (κ1) is 15.8. The molecule has 1 amide bonds. The maximum absolute atomic E-state index is 12.2. The van der Waals surface area contributed by atoms with Gasteiger partial charge in [-0.15, -0.1) is 0 Å². The van der Waals surface area contributed by atoms with Gasteiger partial charge in [-0.05, 0) is 43.2 Å². The van der Waals surface area contributed by atoms with E-state index >= 15 is 0 Å². The fourth-order valence-electron chi connectivity index (χ4n) is 3.04. The predicted molar refractivity (Wildman–Crippen MR) is 86.5 cm³/mol. The van der Waals surface area contributed by atoms with Crippen molar-refractivity contribution < 1.29 is 4.79 Å². The van der Waals surface area contributed by atoms with Gasteiger partial charge >= 0.3 is 0 Å². The molecule has 1 aromatic heterocycles. The van der Waals surface area contributed by atoms with Crippen LogP contribution in [0.5, 0.6) is 0 Å². The van der Waals surface area contributed by atoms with Crippen molar-refractivity contribution in [3.8, 4) is 0 Å². The molecule has 4 nitrogen and oxygen atoms in total. The number of rotatable bonds is 7. The molecule has 0 aromatic carbocycles. The van der Waals surface area contributed by atoms with Crippen LogP contribution in [0.1, 0.15) is 62.9 Å². The maximum atomic E-state index is 12.2. The number of pyridine rings is 1. The number of nitrogens with one attached hydrogen (secondary N) is 2. The quantitative estimate of drug-likeness (QED) is 0.806. The molecule has 0 saturated heterocycles. The smallest absolute Gasteiger partial charge is 0.269 e. The lowest BCUT2D eigenvalue weighted by Gasteiger charge is -2.27. The summed E-state index contributed by atoms with van der Waals surface area (Å²) in [5.41, 5.74) is 1.79. The molecule has 0 aliphatic heterocycles. The van der Waals surface area contributed by atoms with Crippen molar-refractivity contribution in [3.05, 3.63) is 24.0 Å². The molecule has 21 heavy (non-hydrogen) atoms. The Bertz CT molecular complexity index is 450. The summed E-state index contributed by atoms with van der Waals surface area (Å²) in [6.45, 7) is 6.05. The summed E-state index contributed by atoms with van der Waals surface area (Å²) >= 11 is 0. The van der Waals surface area contributed by atoms with Gasteiger partial charge in [0.2, 0.25) is 0 Å². The van der Waals surface area contributed by atoms with E-state index in [1.54, 1.807) is 12.3 Å². The van der Waals surface area contributed by atoms with Crippen molar-refractivity contribution >= 4 is 11.6 Å². The molecule has 4 heteroatoms. The Morgan fingerprint density at radius 3 is 2.62 bits per heavy atom. The molecule has 1 heterocycles. The van der Waals surface area contributed by atoms with Crippen molar-refractivity contribution in [2.45, 2.75) is 52.4 Å². The highest BCUT2D eigenvalue weighted by atomic mass is 16.1. The highest BCUT2D eigenvalue weighted by molar-refractivity contribution is 5.92. The molecule has 0 bridgehead atoms. The fraction of sp³-hybridized carbons (Fsp3) is 0.647. The Morgan fingerprint density at radius 1 is 1.29 bits per heavy atom. The first-order valence-electron chi connectivity index (χ1n) is 8.17. The number of anilines is 1. The average Bonchev–Trinajstić information content (AvgIpc) is 3.00. The van der Waals surface area contributed by atoms with Gasteiger partial charge < -0.3 is 10.6 Å². The van der Waals surface area contributed by atoms with Crippen LogP contribution in [0.25, 0.3) is 0 Å². The Labute approximate surface area is 127 Å². The summed E-state index contributed by atoms with van der Waals surface area (Å²) in [7, 11) is 0. The lowest BCUT2D eigenvalue weighted by atomic mass is 9.83. The zero-order chi connectivity index (χ0) is 15.1. The fourth-order valence-corrected chi connectivity index (χ4v) is 3.04. The van der Waals surface area contributed by atoms with Gasteiger partial charge in [0, 0.05) is 13.1 Å². The summed E-state index contributed by atoms with van der Waals surface area (Å²) in [5, 5.41) is 6.33. The summed E-state index contributed by atoms with van der Waals surface area (Å²) in [6, 6.07) is 3.71. The van der Waals surface area contributed by atoms with E-state index in [2.05, 4.69) is 29.5 Å². The van der Waals surface area contributed by atoms with E-state index in [9.17, 15) is 4.79 Å². The van der Waals surface area contributed by atoms with Crippen LogP contribution in [0, 0.1) is 5.41 Å². The SMILES string of the molecule is CCCNc1ccc(C(=O)NCC2(CC)CCCC2)nc1. The van der Waals surface area contributed by atoms with Crippen molar-refractivity contribution in [1.29, 1.82) is 0 Å². The van der Waals surface area contributed by atoms with E-state index in [4.69, 9.17) is 0 Å². The molecule has 0 unspecified atom stereocenters. The zero-order valence-corrected chi connectivity index (χ0v) is 13.2. The molecule has 116 valence electrons. The van der Waals surface area contributed by atoms with Crippen LogP contribution in [0.15, 0.2) is 18.3 Å². The number of hydrogen-bond acceptors (Lipinski definition) is 3. The molecule has 1 aliphatic carbocycles.